The minimum Gasteiger partial charge on any atom is -0.497 e. The molecule has 0 aromatic heterocycles. The van der Waals surface area contributed by atoms with Crippen LogP contribution in [0.1, 0.15) is 27.6 Å². The lowest BCUT2D eigenvalue weighted by molar-refractivity contribution is 0.101. The summed E-state index contributed by atoms with van der Waals surface area (Å²) in [4.78, 5) is 25.2. The summed E-state index contributed by atoms with van der Waals surface area (Å²) >= 11 is 6.21. The predicted molar refractivity (Wildman–Crippen MR) is 118 cm³/mol. The highest BCUT2D eigenvalue weighted by atomic mass is 35.5. The van der Waals surface area contributed by atoms with Crippen molar-refractivity contribution < 1.29 is 19.1 Å². The van der Waals surface area contributed by atoms with Gasteiger partial charge in [-0.25, -0.2) is 0 Å². The third kappa shape index (κ3) is 5.30. The maximum absolute atomic E-state index is 12.6. The molecular formula is C23H21ClN2O4. The van der Waals surface area contributed by atoms with E-state index in [1.54, 1.807) is 60.7 Å². The minimum atomic E-state index is -0.361. The van der Waals surface area contributed by atoms with Crippen molar-refractivity contribution in [2.24, 2.45) is 0 Å². The molecule has 3 aromatic rings. The second-order valence-electron chi connectivity index (χ2n) is 6.29. The quantitative estimate of drug-likeness (QED) is 0.543. The van der Waals surface area contributed by atoms with Gasteiger partial charge < -0.3 is 20.1 Å². The molecule has 0 aliphatic carbocycles. The molecule has 0 bridgehead atoms. The van der Waals surface area contributed by atoms with Crippen molar-refractivity contribution in [1.82, 2.24) is 0 Å². The number of benzene rings is 3. The van der Waals surface area contributed by atoms with Gasteiger partial charge in [0.1, 0.15) is 11.5 Å². The first-order valence-corrected chi connectivity index (χ1v) is 9.67. The molecule has 0 spiro atoms. The molecule has 2 amide bonds. The molecule has 0 fully saturated rings. The van der Waals surface area contributed by atoms with Crippen LogP contribution in [0.5, 0.6) is 11.5 Å². The molecule has 2 N–H and O–H groups in total. The van der Waals surface area contributed by atoms with Gasteiger partial charge in [0.05, 0.1) is 24.4 Å². The summed E-state index contributed by atoms with van der Waals surface area (Å²) in [6, 6.07) is 18.5. The Kier molecular flexibility index (Phi) is 6.93. The van der Waals surface area contributed by atoms with Crippen molar-refractivity contribution in [3.63, 3.8) is 0 Å². The van der Waals surface area contributed by atoms with E-state index in [9.17, 15) is 9.59 Å². The topological polar surface area (TPSA) is 76.7 Å². The summed E-state index contributed by atoms with van der Waals surface area (Å²) in [5.41, 5.74) is 1.73. The Bertz CT molecular complexity index is 1050. The fourth-order valence-corrected chi connectivity index (χ4v) is 2.89. The van der Waals surface area contributed by atoms with E-state index in [-0.39, 0.29) is 11.8 Å². The zero-order chi connectivity index (χ0) is 21.5. The van der Waals surface area contributed by atoms with Gasteiger partial charge >= 0.3 is 0 Å². The summed E-state index contributed by atoms with van der Waals surface area (Å²) in [5.74, 6) is 0.606. The van der Waals surface area contributed by atoms with Gasteiger partial charge in [0.2, 0.25) is 0 Å². The van der Waals surface area contributed by atoms with E-state index in [4.69, 9.17) is 21.1 Å². The van der Waals surface area contributed by atoms with E-state index in [0.717, 1.165) is 5.75 Å². The first-order chi connectivity index (χ1) is 14.5. The summed E-state index contributed by atoms with van der Waals surface area (Å²) < 4.78 is 10.5. The highest BCUT2D eigenvalue weighted by Gasteiger charge is 2.13. The second-order valence-corrected chi connectivity index (χ2v) is 6.70. The van der Waals surface area contributed by atoms with Gasteiger partial charge in [0.25, 0.3) is 11.8 Å². The van der Waals surface area contributed by atoms with E-state index >= 15 is 0 Å². The third-order valence-corrected chi connectivity index (χ3v) is 4.56. The second kappa shape index (κ2) is 9.80. The van der Waals surface area contributed by atoms with Gasteiger partial charge in [0.15, 0.2) is 0 Å². The number of rotatable bonds is 7. The van der Waals surface area contributed by atoms with Crippen LogP contribution in [0, 0.1) is 0 Å². The number of amides is 2. The molecule has 7 heteroatoms. The first-order valence-electron chi connectivity index (χ1n) is 9.29. The molecule has 30 heavy (non-hydrogen) atoms. The summed E-state index contributed by atoms with van der Waals surface area (Å²) in [6.07, 6.45) is 0. The smallest absolute Gasteiger partial charge is 0.255 e. The normalized spacial score (nSPS) is 10.2. The van der Waals surface area contributed by atoms with Gasteiger partial charge in [-0.15, -0.1) is 0 Å². The molecule has 0 radical (unpaired) electrons. The minimum absolute atomic E-state index is 0.323. The fourth-order valence-electron chi connectivity index (χ4n) is 2.73. The van der Waals surface area contributed by atoms with Crippen LogP contribution in [0.3, 0.4) is 0 Å². The first kappa shape index (κ1) is 21.2. The number of anilines is 2. The Morgan fingerprint density at radius 2 is 1.57 bits per heavy atom. The zero-order valence-electron chi connectivity index (χ0n) is 16.6. The van der Waals surface area contributed by atoms with Crippen LogP contribution in [0.4, 0.5) is 11.4 Å². The van der Waals surface area contributed by atoms with Crippen LogP contribution in [-0.4, -0.2) is 25.5 Å². The predicted octanol–water partition coefficient (Wildman–Crippen LogP) is 5.25. The maximum Gasteiger partial charge on any atom is 0.255 e. The number of methoxy groups -OCH3 is 1. The molecule has 0 aliphatic heterocycles. The molecule has 3 rings (SSSR count). The zero-order valence-corrected chi connectivity index (χ0v) is 17.3. The average Bonchev–Trinajstić information content (AvgIpc) is 2.76. The van der Waals surface area contributed by atoms with E-state index in [1.807, 2.05) is 6.92 Å². The van der Waals surface area contributed by atoms with Crippen LogP contribution in [-0.2, 0) is 0 Å². The van der Waals surface area contributed by atoms with E-state index in [2.05, 4.69) is 10.6 Å². The Labute approximate surface area is 179 Å². The molecule has 0 atom stereocenters. The van der Waals surface area contributed by atoms with Gasteiger partial charge in [-0.1, -0.05) is 17.7 Å². The number of carbonyl (C=O) groups is 2. The summed E-state index contributed by atoms with van der Waals surface area (Å²) in [6.45, 7) is 2.47. The van der Waals surface area contributed by atoms with Gasteiger partial charge in [-0.05, 0) is 67.6 Å². The fraction of sp³-hybridized carbons (Fsp3) is 0.130. The molecule has 6 nitrogen and oxygen atoms in total. The molecule has 0 heterocycles. The maximum atomic E-state index is 12.6. The number of hydrogen-bond donors (Lipinski definition) is 2. The van der Waals surface area contributed by atoms with Crippen LogP contribution in [0.2, 0.25) is 5.02 Å². The monoisotopic (exact) mass is 424 g/mol. The third-order valence-electron chi connectivity index (χ3n) is 4.23. The van der Waals surface area contributed by atoms with Crippen molar-refractivity contribution in [1.29, 1.82) is 0 Å². The van der Waals surface area contributed by atoms with Crippen LogP contribution in [0.25, 0.3) is 0 Å². The van der Waals surface area contributed by atoms with E-state index in [0.29, 0.717) is 39.9 Å². The standard InChI is InChI=1S/C23H21ClN2O4/c1-3-30-18-10-8-17(9-11-18)25-22(27)16-7-12-20(24)21(14-16)26-23(28)15-5-4-6-19(13-15)29-2/h4-14H,3H2,1-2H3,(H,25,27)(H,26,28). The van der Waals surface area contributed by atoms with Gasteiger partial charge in [-0.2, -0.15) is 0 Å². The SMILES string of the molecule is CCOc1ccc(NC(=O)c2ccc(Cl)c(NC(=O)c3cccc(OC)c3)c2)cc1. The molecule has 0 saturated heterocycles. The Balaban J connectivity index is 1.73. The molecular weight excluding hydrogens is 404 g/mol. The number of carbonyl (C=O) groups excluding carboxylic acids is 2. The van der Waals surface area contributed by atoms with Crippen molar-refractivity contribution in [2.45, 2.75) is 6.92 Å². The van der Waals surface area contributed by atoms with Crippen LogP contribution >= 0.6 is 11.6 Å². The highest BCUT2D eigenvalue weighted by Crippen LogP contribution is 2.25. The molecule has 3 aromatic carbocycles. The summed E-state index contributed by atoms with van der Waals surface area (Å²) in [7, 11) is 1.53. The van der Waals surface area contributed by atoms with Crippen molar-refractivity contribution in [3.05, 3.63) is 82.9 Å². The highest BCUT2D eigenvalue weighted by molar-refractivity contribution is 6.34. The Morgan fingerprint density at radius 1 is 0.867 bits per heavy atom. The molecule has 0 aliphatic rings. The summed E-state index contributed by atoms with van der Waals surface area (Å²) in [5, 5.41) is 5.87. The van der Waals surface area contributed by atoms with Crippen molar-refractivity contribution >= 4 is 34.8 Å². The Hall–Kier alpha value is -3.51. The van der Waals surface area contributed by atoms with Gasteiger partial charge in [0, 0.05) is 16.8 Å². The van der Waals surface area contributed by atoms with Crippen molar-refractivity contribution in [3.8, 4) is 11.5 Å². The number of halogens is 1. The van der Waals surface area contributed by atoms with Crippen molar-refractivity contribution in [2.75, 3.05) is 24.4 Å². The molecule has 0 unspecified atom stereocenters. The molecule has 154 valence electrons. The number of ether oxygens (including phenoxy) is 2. The lowest BCUT2D eigenvalue weighted by Crippen LogP contribution is -2.15. The van der Waals surface area contributed by atoms with Crippen LogP contribution < -0.4 is 20.1 Å². The average molecular weight is 425 g/mol. The number of hydrogen-bond acceptors (Lipinski definition) is 4. The Morgan fingerprint density at radius 3 is 2.27 bits per heavy atom. The molecule has 0 saturated carbocycles. The van der Waals surface area contributed by atoms with Gasteiger partial charge in [-0.3, -0.25) is 9.59 Å². The largest absolute Gasteiger partial charge is 0.497 e. The lowest BCUT2D eigenvalue weighted by Gasteiger charge is -2.11. The lowest BCUT2D eigenvalue weighted by atomic mass is 10.1. The van der Waals surface area contributed by atoms with E-state index < -0.39 is 0 Å². The van der Waals surface area contributed by atoms with Crippen LogP contribution in [0.15, 0.2) is 66.7 Å². The number of nitrogens with one attached hydrogen (secondary N) is 2. The van der Waals surface area contributed by atoms with E-state index in [1.165, 1.54) is 13.2 Å².